The number of fused-ring (bicyclic) bond motifs is 1. The molecule has 0 aliphatic heterocycles. The van der Waals surface area contributed by atoms with E-state index in [1.165, 1.54) is 0 Å². The second-order valence-corrected chi connectivity index (χ2v) is 4.88. The molecule has 92 valence electrons. The quantitative estimate of drug-likeness (QED) is 0.871. The summed E-state index contributed by atoms with van der Waals surface area (Å²) in [4.78, 5) is 4.31. The molecular weight excluding hydrogens is 259 g/mol. The second kappa shape index (κ2) is 4.70. The van der Waals surface area contributed by atoms with E-state index in [9.17, 15) is 0 Å². The monoisotopic (exact) mass is 272 g/mol. The summed E-state index contributed by atoms with van der Waals surface area (Å²) in [5.74, 6) is 1.57. The van der Waals surface area contributed by atoms with Crippen LogP contribution in [0, 0.1) is 6.92 Å². The van der Waals surface area contributed by atoms with E-state index in [1.807, 2.05) is 26.1 Å². The third-order valence-corrected chi connectivity index (χ3v) is 3.70. The van der Waals surface area contributed by atoms with Crippen molar-refractivity contribution < 1.29 is 0 Å². The van der Waals surface area contributed by atoms with Crippen molar-refractivity contribution in [2.24, 2.45) is 0 Å². The summed E-state index contributed by atoms with van der Waals surface area (Å²) >= 11 is 11.8. The zero-order chi connectivity index (χ0) is 12.5. The van der Waals surface area contributed by atoms with Gasteiger partial charge in [-0.05, 0) is 19.9 Å². The Kier molecular flexibility index (Phi) is 3.45. The Morgan fingerprint density at radius 2 is 2.12 bits per heavy atom. The van der Waals surface area contributed by atoms with Crippen LogP contribution in [-0.4, -0.2) is 31.9 Å². The standard InChI is InChI=1S/C11H14Cl2N4/c1-8-5-9-10(14-3-4-17(9)16-8)15-11(2,6-12)7-13/h3-5H,6-7H2,1-2H3,(H,14,15). The van der Waals surface area contributed by atoms with Gasteiger partial charge in [-0.25, -0.2) is 9.50 Å². The SMILES string of the molecule is Cc1cc2c(NC(C)(CCl)CCl)nccn2n1. The molecule has 0 bridgehead atoms. The molecule has 0 atom stereocenters. The third kappa shape index (κ3) is 2.48. The van der Waals surface area contributed by atoms with Crippen molar-refractivity contribution in [2.45, 2.75) is 19.4 Å². The van der Waals surface area contributed by atoms with Gasteiger partial charge >= 0.3 is 0 Å². The molecule has 1 N–H and O–H groups in total. The smallest absolute Gasteiger partial charge is 0.152 e. The largest absolute Gasteiger partial charge is 0.361 e. The number of hydrogen-bond donors (Lipinski definition) is 1. The molecule has 2 aromatic rings. The highest BCUT2D eigenvalue weighted by atomic mass is 35.5. The summed E-state index contributed by atoms with van der Waals surface area (Å²) in [6.07, 6.45) is 3.51. The first-order valence-electron chi connectivity index (χ1n) is 5.29. The number of anilines is 1. The Bertz CT molecular complexity index is 519. The highest BCUT2D eigenvalue weighted by molar-refractivity contribution is 6.22. The van der Waals surface area contributed by atoms with Crippen molar-refractivity contribution in [1.82, 2.24) is 14.6 Å². The average molecular weight is 273 g/mol. The van der Waals surface area contributed by atoms with E-state index in [0.29, 0.717) is 11.8 Å². The summed E-state index contributed by atoms with van der Waals surface area (Å²) in [5.41, 5.74) is 1.49. The molecule has 0 saturated carbocycles. The van der Waals surface area contributed by atoms with Crippen LogP contribution in [0.2, 0.25) is 0 Å². The summed E-state index contributed by atoms with van der Waals surface area (Å²) in [5, 5.41) is 7.60. The van der Waals surface area contributed by atoms with Gasteiger partial charge in [0.1, 0.15) is 5.52 Å². The van der Waals surface area contributed by atoms with Gasteiger partial charge in [0.25, 0.3) is 0 Å². The summed E-state index contributed by atoms with van der Waals surface area (Å²) < 4.78 is 1.79. The van der Waals surface area contributed by atoms with Crippen molar-refractivity contribution in [3.63, 3.8) is 0 Å². The van der Waals surface area contributed by atoms with E-state index < -0.39 is 0 Å². The first-order valence-corrected chi connectivity index (χ1v) is 6.36. The minimum Gasteiger partial charge on any atom is -0.361 e. The number of aryl methyl sites for hydroxylation is 1. The number of halogens is 2. The van der Waals surface area contributed by atoms with Crippen molar-refractivity contribution in [3.05, 3.63) is 24.2 Å². The number of aromatic nitrogens is 3. The van der Waals surface area contributed by atoms with E-state index >= 15 is 0 Å². The van der Waals surface area contributed by atoms with Crippen LogP contribution in [0.3, 0.4) is 0 Å². The molecule has 2 heterocycles. The van der Waals surface area contributed by atoms with Gasteiger partial charge < -0.3 is 5.32 Å². The van der Waals surface area contributed by atoms with Crippen LogP contribution in [0.1, 0.15) is 12.6 Å². The lowest BCUT2D eigenvalue weighted by Crippen LogP contribution is -2.39. The average Bonchev–Trinajstić information content (AvgIpc) is 2.70. The molecule has 2 aromatic heterocycles. The molecular formula is C11H14Cl2N4. The van der Waals surface area contributed by atoms with Crippen molar-refractivity contribution >= 4 is 34.5 Å². The van der Waals surface area contributed by atoms with Crippen LogP contribution in [0.15, 0.2) is 18.5 Å². The molecule has 0 aromatic carbocycles. The molecule has 17 heavy (non-hydrogen) atoms. The van der Waals surface area contributed by atoms with Gasteiger partial charge in [0.2, 0.25) is 0 Å². The fourth-order valence-electron chi connectivity index (χ4n) is 1.53. The molecule has 0 aliphatic carbocycles. The molecule has 0 aliphatic rings. The van der Waals surface area contributed by atoms with Gasteiger partial charge in [0.05, 0.1) is 11.2 Å². The van der Waals surface area contributed by atoms with Crippen LogP contribution in [0.5, 0.6) is 0 Å². The van der Waals surface area contributed by atoms with Crippen LogP contribution in [0.4, 0.5) is 5.82 Å². The zero-order valence-corrected chi connectivity index (χ0v) is 11.3. The van der Waals surface area contributed by atoms with E-state index in [1.54, 1.807) is 10.7 Å². The third-order valence-electron chi connectivity index (χ3n) is 2.52. The van der Waals surface area contributed by atoms with Crippen LogP contribution in [-0.2, 0) is 0 Å². The van der Waals surface area contributed by atoms with Crippen LogP contribution in [0.25, 0.3) is 5.52 Å². The number of nitrogens with zero attached hydrogens (tertiary/aromatic N) is 3. The molecule has 0 unspecified atom stereocenters. The van der Waals surface area contributed by atoms with Gasteiger partial charge in [-0.15, -0.1) is 23.2 Å². The fourth-order valence-corrected chi connectivity index (χ4v) is 1.95. The lowest BCUT2D eigenvalue weighted by Gasteiger charge is -2.26. The molecule has 0 saturated heterocycles. The number of rotatable bonds is 4. The predicted octanol–water partition coefficient (Wildman–Crippen LogP) is 2.69. The van der Waals surface area contributed by atoms with E-state index in [2.05, 4.69) is 15.4 Å². The summed E-state index contributed by atoms with van der Waals surface area (Å²) in [7, 11) is 0. The Morgan fingerprint density at radius 1 is 1.41 bits per heavy atom. The molecule has 6 heteroatoms. The van der Waals surface area contributed by atoms with Crippen LogP contribution < -0.4 is 5.32 Å². The van der Waals surface area contributed by atoms with E-state index in [-0.39, 0.29) is 5.54 Å². The van der Waals surface area contributed by atoms with Gasteiger partial charge in [-0.2, -0.15) is 5.10 Å². The number of nitrogens with one attached hydrogen (secondary N) is 1. The number of alkyl halides is 2. The maximum Gasteiger partial charge on any atom is 0.152 e. The Hall–Kier alpha value is -1.00. The van der Waals surface area contributed by atoms with Crippen molar-refractivity contribution in [1.29, 1.82) is 0 Å². The highest BCUT2D eigenvalue weighted by Crippen LogP contribution is 2.21. The van der Waals surface area contributed by atoms with Gasteiger partial charge in [-0.3, -0.25) is 0 Å². The first kappa shape index (κ1) is 12.5. The second-order valence-electron chi connectivity index (χ2n) is 4.34. The molecule has 0 amide bonds. The summed E-state index contributed by atoms with van der Waals surface area (Å²) in [6, 6.07) is 1.97. The van der Waals surface area contributed by atoms with Crippen molar-refractivity contribution in [3.8, 4) is 0 Å². The molecule has 4 nitrogen and oxygen atoms in total. The maximum atomic E-state index is 5.92. The Balaban J connectivity index is 2.42. The normalized spacial score (nSPS) is 12.0. The van der Waals surface area contributed by atoms with Crippen LogP contribution >= 0.6 is 23.2 Å². The van der Waals surface area contributed by atoms with Gasteiger partial charge in [0.15, 0.2) is 5.82 Å². The minimum atomic E-state index is -0.379. The van der Waals surface area contributed by atoms with E-state index in [4.69, 9.17) is 23.2 Å². The fraction of sp³-hybridized carbons (Fsp3) is 0.455. The Labute approximate surface area is 110 Å². The van der Waals surface area contributed by atoms with Gasteiger partial charge in [0, 0.05) is 24.2 Å². The van der Waals surface area contributed by atoms with Gasteiger partial charge in [-0.1, -0.05) is 0 Å². The highest BCUT2D eigenvalue weighted by Gasteiger charge is 2.23. The first-order chi connectivity index (χ1) is 8.08. The topological polar surface area (TPSA) is 42.2 Å². The van der Waals surface area contributed by atoms with Crippen molar-refractivity contribution in [2.75, 3.05) is 17.1 Å². The Morgan fingerprint density at radius 3 is 2.76 bits per heavy atom. The minimum absolute atomic E-state index is 0.379. The molecule has 0 radical (unpaired) electrons. The molecule has 0 fully saturated rings. The number of hydrogen-bond acceptors (Lipinski definition) is 3. The van der Waals surface area contributed by atoms with E-state index in [0.717, 1.165) is 17.0 Å². The summed E-state index contributed by atoms with van der Waals surface area (Å²) in [6.45, 7) is 3.90. The lowest BCUT2D eigenvalue weighted by atomic mass is 10.1. The molecule has 2 rings (SSSR count). The predicted molar refractivity (Wildman–Crippen MR) is 71.2 cm³/mol. The zero-order valence-electron chi connectivity index (χ0n) is 9.74. The molecule has 0 spiro atoms. The lowest BCUT2D eigenvalue weighted by molar-refractivity contribution is 0.645. The maximum absolute atomic E-state index is 5.92.